The van der Waals surface area contributed by atoms with Crippen molar-refractivity contribution in [3.63, 3.8) is 0 Å². The van der Waals surface area contributed by atoms with Crippen LogP contribution in [0, 0.1) is 0 Å². The molecule has 0 bridgehead atoms. The molecule has 64 heavy (non-hydrogen) atoms. The Labute approximate surface area is 375 Å². The van der Waals surface area contributed by atoms with Gasteiger partial charge in [-0.05, 0) is 99.5 Å². The van der Waals surface area contributed by atoms with Crippen molar-refractivity contribution < 1.29 is 4.74 Å². The van der Waals surface area contributed by atoms with Crippen molar-refractivity contribution in [2.24, 2.45) is 0 Å². The molecule has 9 aromatic carbocycles. The summed E-state index contributed by atoms with van der Waals surface area (Å²) in [5.41, 5.74) is 19.1. The second kappa shape index (κ2) is 16.0. The molecule has 10 aromatic rings. The zero-order valence-electron chi connectivity index (χ0n) is 36.0. The van der Waals surface area contributed by atoms with Crippen LogP contribution in [0.4, 0.5) is 17.1 Å². The minimum Gasteiger partial charge on any atom is -0.458 e. The van der Waals surface area contributed by atoms with Crippen molar-refractivity contribution >= 4 is 62.0 Å². The third kappa shape index (κ3) is 6.35. The molecule has 0 spiro atoms. The normalized spacial score (nSPS) is 12.5. The van der Waals surface area contributed by atoms with Gasteiger partial charge in [-0.1, -0.05) is 190 Å². The molecule has 4 heteroatoms. The minimum absolute atomic E-state index is 0.0610. The zero-order chi connectivity index (χ0) is 42.6. The van der Waals surface area contributed by atoms with Crippen molar-refractivity contribution in [3.05, 3.63) is 212 Å². The number of unbranched alkanes of at least 4 members (excludes halogenated alkanes) is 3. The van der Waals surface area contributed by atoms with Gasteiger partial charge >= 0.3 is 0 Å². The number of benzene rings is 9. The predicted octanol–water partition coefficient (Wildman–Crippen LogP) is 14.3. The molecule has 3 nitrogen and oxygen atoms in total. The second-order valence-electron chi connectivity index (χ2n) is 17.4. The van der Waals surface area contributed by atoms with Crippen LogP contribution in [0.1, 0.15) is 38.2 Å². The Balaban J connectivity index is 1.19. The SMILES string of the molecule is CCCCCCc1cc2c3c(c1)N(c1c(-c4ccccc4)cccc1-c1ccccc1)c1cc(-n4c5ccccc5c5ccccc54)ccc1B3c1cc(-c3ccccc3)ccc1O2. The molecule has 306 valence electrons. The number of nitrogens with zero attached hydrogens (tertiary/aromatic N) is 2. The van der Waals surface area contributed by atoms with Crippen LogP contribution in [0.25, 0.3) is 60.9 Å². The molecule has 0 aliphatic carbocycles. The summed E-state index contributed by atoms with van der Waals surface area (Å²) in [7, 11) is 0. The third-order valence-electron chi connectivity index (χ3n) is 13.5. The monoisotopic (exact) mass is 822 g/mol. The lowest BCUT2D eigenvalue weighted by molar-refractivity contribution is 0.486. The third-order valence-corrected chi connectivity index (χ3v) is 13.5. The Morgan fingerprint density at radius 2 is 1.08 bits per heavy atom. The highest BCUT2D eigenvalue weighted by molar-refractivity contribution is 6.99. The van der Waals surface area contributed by atoms with E-state index < -0.39 is 0 Å². The Bertz CT molecular complexity index is 3250. The molecular weight excluding hydrogens is 775 g/mol. The number of aromatic nitrogens is 1. The van der Waals surface area contributed by atoms with E-state index in [9.17, 15) is 0 Å². The van der Waals surface area contributed by atoms with Gasteiger partial charge in [0.15, 0.2) is 0 Å². The van der Waals surface area contributed by atoms with Crippen LogP contribution in [0.2, 0.25) is 0 Å². The van der Waals surface area contributed by atoms with Crippen LogP contribution < -0.4 is 26.0 Å². The van der Waals surface area contributed by atoms with Gasteiger partial charge < -0.3 is 14.2 Å². The fourth-order valence-corrected chi connectivity index (χ4v) is 10.6. The van der Waals surface area contributed by atoms with Gasteiger partial charge in [0.1, 0.15) is 11.5 Å². The van der Waals surface area contributed by atoms with Crippen LogP contribution in [0.3, 0.4) is 0 Å². The number of hydrogen-bond donors (Lipinski definition) is 0. The molecule has 0 saturated heterocycles. The lowest BCUT2D eigenvalue weighted by Gasteiger charge is -2.42. The number of aryl methyl sites for hydroxylation is 1. The molecule has 2 aliphatic heterocycles. The van der Waals surface area contributed by atoms with Gasteiger partial charge in [0.25, 0.3) is 6.71 Å². The number of ether oxygens (including phenoxy) is 1. The highest BCUT2D eigenvalue weighted by Crippen LogP contribution is 2.50. The number of fused-ring (bicyclic) bond motifs is 7. The lowest BCUT2D eigenvalue weighted by atomic mass is 9.34. The van der Waals surface area contributed by atoms with E-state index in [1.807, 2.05) is 0 Å². The lowest BCUT2D eigenvalue weighted by Crippen LogP contribution is -2.59. The fraction of sp³-hybridized carbons (Fsp3) is 0.100. The number of hydrogen-bond acceptors (Lipinski definition) is 2. The van der Waals surface area contributed by atoms with E-state index in [2.05, 4.69) is 223 Å². The van der Waals surface area contributed by atoms with E-state index >= 15 is 0 Å². The molecule has 0 atom stereocenters. The summed E-state index contributed by atoms with van der Waals surface area (Å²) < 4.78 is 9.62. The van der Waals surface area contributed by atoms with Crippen molar-refractivity contribution in [2.75, 3.05) is 4.90 Å². The standard InChI is InChI=1S/C60H47BN2O/c1-2-3-4-8-20-41-37-56-59-58(38-41)64-57-36-33-45(42-21-9-5-10-22-42)39-52(57)61(59)51-35-34-46(62-53-31-17-15-27-49(53)50-28-16-18-32-54(50)62)40-55(51)63(56)60-47(43-23-11-6-12-24-43)29-19-30-48(60)44-25-13-7-14-26-44/h5-7,9-19,21-40H,2-4,8,20H2,1H3. The molecule has 0 N–H and O–H groups in total. The first kappa shape index (κ1) is 38.1. The van der Waals surface area contributed by atoms with Crippen molar-refractivity contribution in [3.8, 4) is 50.6 Å². The Morgan fingerprint density at radius 3 is 1.73 bits per heavy atom. The molecule has 0 radical (unpaired) electrons. The van der Waals surface area contributed by atoms with E-state index in [4.69, 9.17) is 4.74 Å². The van der Waals surface area contributed by atoms with Crippen molar-refractivity contribution in [1.82, 2.24) is 4.57 Å². The maximum Gasteiger partial charge on any atom is 0.256 e. The number of para-hydroxylation sites is 3. The van der Waals surface area contributed by atoms with Gasteiger partial charge in [-0.2, -0.15) is 0 Å². The van der Waals surface area contributed by atoms with E-state index in [1.54, 1.807) is 0 Å². The largest absolute Gasteiger partial charge is 0.458 e. The highest BCUT2D eigenvalue weighted by atomic mass is 16.5. The summed E-state index contributed by atoms with van der Waals surface area (Å²) in [5.74, 6) is 1.88. The maximum absolute atomic E-state index is 7.16. The quantitative estimate of drug-likeness (QED) is 0.101. The molecule has 0 fully saturated rings. The van der Waals surface area contributed by atoms with Gasteiger partial charge in [0.05, 0.1) is 16.7 Å². The van der Waals surface area contributed by atoms with Crippen LogP contribution in [0.15, 0.2) is 206 Å². The number of anilines is 3. The first-order chi connectivity index (χ1) is 31.7. The Kier molecular flexibility index (Phi) is 9.52. The summed E-state index contributed by atoms with van der Waals surface area (Å²) in [6.07, 6.45) is 5.78. The van der Waals surface area contributed by atoms with Crippen LogP contribution in [-0.4, -0.2) is 11.3 Å². The zero-order valence-corrected chi connectivity index (χ0v) is 36.0. The molecule has 2 aliphatic rings. The van der Waals surface area contributed by atoms with Crippen LogP contribution in [-0.2, 0) is 6.42 Å². The topological polar surface area (TPSA) is 17.4 Å². The Morgan fingerprint density at radius 1 is 0.453 bits per heavy atom. The predicted molar refractivity (Wildman–Crippen MR) is 271 cm³/mol. The first-order valence-corrected chi connectivity index (χ1v) is 22.9. The van der Waals surface area contributed by atoms with E-state index in [0.717, 1.165) is 35.7 Å². The molecular formula is C60H47BN2O. The van der Waals surface area contributed by atoms with Gasteiger partial charge in [0, 0.05) is 39.0 Å². The Hall–Kier alpha value is -7.56. The van der Waals surface area contributed by atoms with Gasteiger partial charge in [-0.3, -0.25) is 0 Å². The first-order valence-electron chi connectivity index (χ1n) is 22.9. The second-order valence-corrected chi connectivity index (χ2v) is 17.4. The average molecular weight is 823 g/mol. The molecule has 0 saturated carbocycles. The van der Waals surface area contributed by atoms with Crippen molar-refractivity contribution in [1.29, 1.82) is 0 Å². The summed E-state index contributed by atoms with van der Waals surface area (Å²) in [6, 6.07) is 76.0. The van der Waals surface area contributed by atoms with E-state index in [1.165, 1.54) is 108 Å². The average Bonchev–Trinajstić information content (AvgIpc) is 3.70. The molecule has 0 amide bonds. The summed E-state index contributed by atoms with van der Waals surface area (Å²) in [6.45, 7) is 2.23. The fourth-order valence-electron chi connectivity index (χ4n) is 10.6. The molecule has 0 unspecified atom stereocenters. The van der Waals surface area contributed by atoms with Gasteiger partial charge in [0.2, 0.25) is 0 Å². The van der Waals surface area contributed by atoms with Crippen LogP contribution >= 0.6 is 0 Å². The smallest absolute Gasteiger partial charge is 0.256 e. The van der Waals surface area contributed by atoms with Crippen LogP contribution in [0.5, 0.6) is 11.5 Å². The van der Waals surface area contributed by atoms with E-state index in [-0.39, 0.29) is 6.71 Å². The summed E-state index contributed by atoms with van der Waals surface area (Å²) >= 11 is 0. The molecule has 1 aromatic heterocycles. The van der Waals surface area contributed by atoms with E-state index in [0.29, 0.717) is 0 Å². The highest BCUT2D eigenvalue weighted by Gasteiger charge is 2.43. The van der Waals surface area contributed by atoms with Crippen molar-refractivity contribution in [2.45, 2.75) is 39.0 Å². The maximum atomic E-state index is 7.16. The van der Waals surface area contributed by atoms with Gasteiger partial charge in [-0.15, -0.1) is 0 Å². The molecule has 3 heterocycles. The summed E-state index contributed by atoms with van der Waals surface area (Å²) in [4.78, 5) is 2.61. The minimum atomic E-state index is -0.0610. The van der Waals surface area contributed by atoms with Gasteiger partial charge in [-0.25, -0.2) is 0 Å². The molecule has 12 rings (SSSR count). The number of rotatable bonds is 10. The summed E-state index contributed by atoms with van der Waals surface area (Å²) in [5, 5.41) is 2.51.